The minimum atomic E-state index is -0.278. The second-order valence-corrected chi connectivity index (χ2v) is 14.4. The highest BCUT2D eigenvalue weighted by atomic mass is 16.3. The number of phenolic OH excluding ortho intramolecular Hbond substituents is 1. The van der Waals surface area contributed by atoms with Crippen LogP contribution in [-0.4, -0.2) is 24.6 Å². The lowest BCUT2D eigenvalue weighted by atomic mass is 9.79. The predicted octanol–water partition coefficient (Wildman–Crippen LogP) is 10.8. The zero-order chi connectivity index (χ0) is 33.6. The Morgan fingerprint density at radius 1 is 0.562 bits per heavy atom. The highest BCUT2D eigenvalue weighted by molar-refractivity contribution is 5.94. The van der Waals surface area contributed by atoms with Gasteiger partial charge in [-0.25, -0.2) is 9.97 Å². The van der Waals surface area contributed by atoms with Gasteiger partial charge in [0.15, 0.2) is 11.5 Å². The Hall–Kier alpha value is -5.55. The number of benzene rings is 4. The van der Waals surface area contributed by atoms with E-state index in [0.717, 1.165) is 61.5 Å². The summed E-state index contributed by atoms with van der Waals surface area (Å²) in [4.78, 5) is 15.0. The summed E-state index contributed by atoms with van der Waals surface area (Å²) in [5.74, 6) is 0.898. The Morgan fingerprint density at radius 2 is 1.23 bits per heavy atom. The molecule has 0 amide bonds. The molecule has 238 valence electrons. The van der Waals surface area contributed by atoms with Crippen molar-refractivity contribution in [1.29, 1.82) is 0 Å². The van der Waals surface area contributed by atoms with Crippen molar-refractivity contribution in [2.45, 2.75) is 52.4 Å². The van der Waals surface area contributed by atoms with Gasteiger partial charge in [-0.2, -0.15) is 0 Å². The third-order valence-corrected chi connectivity index (χ3v) is 8.92. The fraction of sp³-hybridized carbons (Fsp3) is 0.186. The van der Waals surface area contributed by atoms with Crippen LogP contribution in [0.25, 0.3) is 61.8 Å². The number of fused-ring (bicyclic) bond motifs is 1. The van der Waals surface area contributed by atoms with Crippen LogP contribution in [0.1, 0.15) is 52.7 Å². The van der Waals surface area contributed by atoms with E-state index in [-0.39, 0.29) is 16.6 Å². The fourth-order valence-corrected chi connectivity index (χ4v) is 6.26. The predicted molar refractivity (Wildman–Crippen MR) is 197 cm³/mol. The average molecular weight is 629 g/mol. The average Bonchev–Trinajstić information content (AvgIpc) is 3.48. The van der Waals surface area contributed by atoms with Gasteiger partial charge in [0, 0.05) is 34.8 Å². The first-order valence-corrected chi connectivity index (χ1v) is 16.4. The van der Waals surface area contributed by atoms with Crippen molar-refractivity contribution >= 4 is 11.2 Å². The van der Waals surface area contributed by atoms with Crippen LogP contribution in [0, 0.1) is 0 Å². The lowest BCUT2D eigenvalue weighted by Crippen LogP contribution is -2.17. The number of pyridine rings is 2. The molecule has 0 unspecified atom stereocenters. The van der Waals surface area contributed by atoms with Gasteiger partial charge in [-0.15, -0.1) is 0 Å². The number of nitrogens with zero attached hydrogens (tertiary/aromatic N) is 4. The smallest absolute Gasteiger partial charge is 0.165 e. The maximum Gasteiger partial charge on any atom is 0.165 e. The first-order valence-electron chi connectivity index (χ1n) is 16.4. The molecular weight excluding hydrogens is 589 g/mol. The van der Waals surface area contributed by atoms with Crippen LogP contribution in [0.3, 0.4) is 0 Å². The molecule has 0 atom stereocenters. The molecule has 0 spiro atoms. The number of aromatic hydroxyl groups is 1. The van der Waals surface area contributed by atoms with Gasteiger partial charge in [0.2, 0.25) is 0 Å². The molecular formula is C43H40N4O. The van der Waals surface area contributed by atoms with Gasteiger partial charge in [-0.3, -0.25) is 9.55 Å². The second kappa shape index (κ2) is 11.9. The molecule has 5 heteroatoms. The van der Waals surface area contributed by atoms with E-state index in [1.54, 1.807) is 0 Å². The quantitative estimate of drug-likeness (QED) is 0.206. The topological polar surface area (TPSA) is 63.8 Å². The van der Waals surface area contributed by atoms with Gasteiger partial charge in [0.25, 0.3) is 0 Å². The van der Waals surface area contributed by atoms with Gasteiger partial charge < -0.3 is 5.11 Å². The summed E-state index contributed by atoms with van der Waals surface area (Å²) in [5.41, 5.74) is 10.9. The molecule has 4 aromatic carbocycles. The Kier molecular flexibility index (Phi) is 7.71. The van der Waals surface area contributed by atoms with Gasteiger partial charge >= 0.3 is 0 Å². The summed E-state index contributed by atoms with van der Waals surface area (Å²) in [5, 5.41) is 11.9. The summed E-state index contributed by atoms with van der Waals surface area (Å²) in [6.07, 6.45) is 3.71. The van der Waals surface area contributed by atoms with Crippen molar-refractivity contribution in [3.63, 3.8) is 0 Å². The molecule has 1 N–H and O–H groups in total. The van der Waals surface area contributed by atoms with Crippen LogP contribution in [0.2, 0.25) is 0 Å². The first-order chi connectivity index (χ1) is 23.0. The summed E-state index contributed by atoms with van der Waals surface area (Å²) < 4.78 is 2.07. The largest absolute Gasteiger partial charge is 0.507 e. The van der Waals surface area contributed by atoms with E-state index in [2.05, 4.69) is 125 Å². The SMILES string of the molecule is CC(C)(C)c1cc(-c2nc3c(-c4cccc(-c5cc(-c6ccccc6)ccn5)c4)ccnc3n2-c2ccccc2)c(O)c(C(C)(C)C)c1. The standard InChI is InChI=1S/C43H40N4O/c1-42(2,3)32-26-35(39(48)36(27-32)43(4,5)6)40-46-38-34(21-23-45-41(38)47(40)33-18-11-8-12-19-33)30-16-13-17-31(24-30)37-25-29(20-22-44-37)28-14-9-7-10-15-28/h7-27,48H,1-6H3. The van der Waals surface area contributed by atoms with Crippen molar-refractivity contribution in [1.82, 2.24) is 19.5 Å². The number of imidazole rings is 1. The lowest BCUT2D eigenvalue weighted by Gasteiger charge is -2.27. The van der Waals surface area contributed by atoms with Gasteiger partial charge in [-0.1, -0.05) is 114 Å². The van der Waals surface area contributed by atoms with Gasteiger partial charge in [0.05, 0.1) is 11.3 Å². The van der Waals surface area contributed by atoms with Crippen molar-refractivity contribution in [3.05, 3.63) is 139 Å². The Bertz CT molecular complexity index is 2260. The molecule has 0 saturated carbocycles. The highest BCUT2D eigenvalue weighted by Gasteiger charge is 2.28. The number of para-hydroxylation sites is 1. The van der Waals surface area contributed by atoms with Crippen LogP contribution < -0.4 is 0 Å². The third kappa shape index (κ3) is 5.77. The van der Waals surface area contributed by atoms with Crippen LogP contribution in [-0.2, 0) is 10.8 Å². The number of hydrogen-bond acceptors (Lipinski definition) is 4. The molecule has 3 aromatic heterocycles. The van der Waals surface area contributed by atoms with Crippen molar-refractivity contribution < 1.29 is 5.11 Å². The monoisotopic (exact) mass is 628 g/mol. The van der Waals surface area contributed by atoms with E-state index in [9.17, 15) is 5.11 Å². The maximum absolute atomic E-state index is 11.9. The van der Waals surface area contributed by atoms with Gasteiger partial charge in [-0.05, 0) is 75.5 Å². The third-order valence-electron chi connectivity index (χ3n) is 8.92. The van der Waals surface area contributed by atoms with Gasteiger partial charge in [0.1, 0.15) is 11.3 Å². The van der Waals surface area contributed by atoms with Crippen LogP contribution >= 0.6 is 0 Å². The molecule has 0 saturated heterocycles. The van der Waals surface area contributed by atoms with E-state index < -0.39 is 0 Å². The van der Waals surface area contributed by atoms with Crippen molar-refractivity contribution in [2.75, 3.05) is 0 Å². The number of phenols is 1. The molecule has 5 nitrogen and oxygen atoms in total. The zero-order valence-corrected chi connectivity index (χ0v) is 28.4. The minimum absolute atomic E-state index is 0.137. The van der Waals surface area contributed by atoms with E-state index in [0.29, 0.717) is 11.4 Å². The normalized spacial score (nSPS) is 12.0. The molecule has 3 heterocycles. The van der Waals surface area contributed by atoms with E-state index in [4.69, 9.17) is 15.0 Å². The summed E-state index contributed by atoms with van der Waals surface area (Å²) in [7, 11) is 0. The number of rotatable bonds is 5. The molecule has 0 aliphatic heterocycles. The highest BCUT2D eigenvalue weighted by Crippen LogP contribution is 2.44. The minimum Gasteiger partial charge on any atom is -0.507 e. The zero-order valence-electron chi connectivity index (χ0n) is 28.4. The number of hydrogen-bond donors (Lipinski definition) is 1. The Balaban J connectivity index is 1.45. The lowest BCUT2D eigenvalue weighted by molar-refractivity contribution is 0.446. The molecule has 7 aromatic rings. The fourth-order valence-electron chi connectivity index (χ4n) is 6.26. The van der Waals surface area contributed by atoms with Crippen molar-refractivity contribution in [2.24, 2.45) is 0 Å². The van der Waals surface area contributed by atoms with E-state index in [1.165, 1.54) is 0 Å². The van der Waals surface area contributed by atoms with E-state index in [1.807, 2.05) is 48.8 Å². The van der Waals surface area contributed by atoms with Crippen LogP contribution in [0.15, 0.2) is 128 Å². The molecule has 0 aliphatic rings. The molecule has 0 bridgehead atoms. The molecule has 0 radical (unpaired) electrons. The summed E-state index contributed by atoms with van der Waals surface area (Å²) in [6.45, 7) is 13.0. The molecule has 0 aliphatic carbocycles. The number of aromatic nitrogens is 4. The Morgan fingerprint density at radius 3 is 1.94 bits per heavy atom. The molecule has 7 rings (SSSR count). The molecule has 48 heavy (non-hydrogen) atoms. The molecule has 0 fully saturated rings. The Labute approximate surface area is 282 Å². The summed E-state index contributed by atoms with van der Waals surface area (Å²) in [6, 6.07) is 39.4. The summed E-state index contributed by atoms with van der Waals surface area (Å²) >= 11 is 0. The van der Waals surface area contributed by atoms with Crippen LogP contribution in [0.4, 0.5) is 0 Å². The first kappa shape index (κ1) is 31.1. The van der Waals surface area contributed by atoms with E-state index >= 15 is 0 Å². The maximum atomic E-state index is 11.9. The second-order valence-electron chi connectivity index (χ2n) is 14.4. The van der Waals surface area contributed by atoms with Crippen molar-refractivity contribution in [3.8, 4) is 56.3 Å². The van der Waals surface area contributed by atoms with Crippen LogP contribution in [0.5, 0.6) is 5.75 Å².